The molecule has 2 aromatic carbocycles. The van der Waals surface area contributed by atoms with E-state index in [1.165, 1.54) is 49.9 Å². The number of nitrogens with two attached hydrogens (primary N) is 2. The van der Waals surface area contributed by atoms with Gasteiger partial charge in [0.05, 0.1) is 37.5 Å². The van der Waals surface area contributed by atoms with E-state index in [-0.39, 0.29) is 49.9 Å². The molecule has 0 aromatic heterocycles. The van der Waals surface area contributed by atoms with Gasteiger partial charge in [0.2, 0.25) is 30.0 Å². The highest BCUT2D eigenvalue weighted by atomic mass is 35.5. The number of nitrogens with one attached hydrogen (secondary N) is 4. The van der Waals surface area contributed by atoms with Gasteiger partial charge in [-0.05, 0) is 81.3 Å². The Morgan fingerprint density at radius 1 is 1.06 bits per heavy atom. The number of fused-ring (bicyclic) bond motifs is 5. The summed E-state index contributed by atoms with van der Waals surface area (Å²) in [5.41, 5.74) is 11.0. The van der Waals surface area contributed by atoms with Crippen molar-refractivity contribution in [1.29, 1.82) is 0 Å². The molecule has 24 nitrogen and oxygen atoms in total. The van der Waals surface area contributed by atoms with Crippen LogP contribution >= 0.6 is 11.6 Å². The van der Waals surface area contributed by atoms with Crippen molar-refractivity contribution in [2.45, 2.75) is 147 Å². The molecule has 1 unspecified atom stereocenters. The predicted octanol–water partition coefficient (Wildman–Crippen LogP) is 3.18. The maximum absolute atomic E-state index is 14.4. The van der Waals surface area contributed by atoms with E-state index in [1.54, 1.807) is 83.3 Å². The van der Waals surface area contributed by atoms with Gasteiger partial charge in [0.15, 0.2) is 5.72 Å². The van der Waals surface area contributed by atoms with E-state index in [2.05, 4.69) is 21.3 Å². The lowest BCUT2D eigenvalue weighted by atomic mass is 9.83. The summed E-state index contributed by atoms with van der Waals surface area (Å²) >= 11 is 6.83. The molecule has 11 atom stereocenters. The quantitative estimate of drug-likeness (QED) is 0.0569. The number of primary amides is 1. The number of hydrogen-bond donors (Lipinski definition) is 8. The maximum Gasteiger partial charge on any atom is 0.409 e. The van der Waals surface area contributed by atoms with Crippen molar-refractivity contribution >= 4 is 64.7 Å². The number of methoxy groups -OCH3 is 2. The second-order valence-corrected chi connectivity index (χ2v) is 21.6. The molecule has 7 amide bonds. The number of likely N-dealkylation sites (N-methyl/N-ethyl adjacent to an activating group) is 1. The molecule has 10 N–H and O–H groups in total. The fourth-order valence-corrected chi connectivity index (χ4v) is 9.70. The van der Waals surface area contributed by atoms with Crippen LogP contribution in [0, 0.1) is 11.8 Å². The summed E-state index contributed by atoms with van der Waals surface area (Å²) in [6.07, 6.45) is -0.522. The zero-order chi connectivity index (χ0) is 59.4. The molecule has 0 spiro atoms. The average molecular weight is 1140 g/mol. The maximum atomic E-state index is 14.4. The van der Waals surface area contributed by atoms with Gasteiger partial charge in [-0.3, -0.25) is 19.2 Å². The van der Waals surface area contributed by atoms with Crippen LogP contribution in [-0.2, 0) is 60.7 Å². The van der Waals surface area contributed by atoms with Gasteiger partial charge in [-0.1, -0.05) is 68.3 Å². The molecule has 2 fully saturated rings. The molecule has 2 aromatic rings. The number of ether oxygens (including phenoxy) is 6. The fraction of sp³-hybridized carbons (Fsp3) is 0.582. The van der Waals surface area contributed by atoms with E-state index < -0.39 is 114 Å². The van der Waals surface area contributed by atoms with Crippen molar-refractivity contribution < 1.29 is 72.2 Å². The topological polar surface area (TPSA) is 329 Å². The molecule has 3 aliphatic heterocycles. The van der Waals surface area contributed by atoms with Gasteiger partial charge < -0.3 is 80.8 Å². The van der Waals surface area contributed by atoms with Crippen LogP contribution in [0.4, 0.5) is 21.0 Å². The Bertz CT molecular complexity index is 2610. The van der Waals surface area contributed by atoms with E-state index in [4.69, 9.17) is 51.5 Å². The third-order valence-electron chi connectivity index (χ3n) is 14.8. The lowest BCUT2D eigenvalue weighted by molar-refractivity contribution is -0.271. The van der Waals surface area contributed by atoms with Crippen LogP contribution in [-0.4, -0.2) is 170 Å². The summed E-state index contributed by atoms with van der Waals surface area (Å²) in [4.78, 5) is 96.1. The Labute approximate surface area is 472 Å². The summed E-state index contributed by atoms with van der Waals surface area (Å²) in [6.45, 7) is 10.4. The first-order valence-corrected chi connectivity index (χ1v) is 26.8. The number of benzene rings is 2. The number of carbonyl (C=O) groups is 7. The first kappa shape index (κ1) is 64.4. The molecule has 25 heteroatoms. The summed E-state index contributed by atoms with van der Waals surface area (Å²) in [5, 5.41) is 33.5. The first-order chi connectivity index (χ1) is 37.6. The molecule has 5 rings (SSSR count). The lowest BCUT2D eigenvalue weighted by Gasteiger charge is -2.44. The van der Waals surface area contributed by atoms with Gasteiger partial charge in [-0.25, -0.2) is 19.7 Å². The molecule has 4 bridgehead atoms. The van der Waals surface area contributed by atoms with Gasteiger partial charge in [0, 0.05) is 65.8 Å². The summed E-state index contributed by atoms with van der Waals surface area (Å²) in [6, 6.07) is 6.28. The van der Waals surface area contributed by atoms with Crippen LogP contribution in [0.15, 0.2) is 60.2 Å². The molecule has 0 aliphatic carbocycles. The van der Waals surface area contributed by atoms with Gasteiger partial charge in [0.1, 0.15) is 47.3 Å². The van der Waals surface area contributed by atoms with Crippen LogP contribution in [0.3, 0.4) is 0 Å². The molecule has 3 heterocycles. The number of aliphatic hydroxyl groups excluding tert-OH is 1. The standard InChI is InChI=1S/C55H80ClN9O15/c1-30(2)46(57)49(69)61-37(15-13-22-59-51(58)71)48(68)60-36-19-17-34(18-20-36)29-77-53(73)63(7)23-21-43(66)64(8)33(5)50(70)79-42-27-44(67)65(9)38-25-35(26-39(75-10)45(38)56)24-31(3)14-12-16-41(76-11)55(74)28-40(78-52(72)62-55)32(4)47-54(42,6)80-47/h12,14,16-20,25-26,30,32-33,37,40-42,46-47,52,62,72,74H,13,15,21-24,27-29,57H2,1-11H3,(H,60,68)(H,61,69)(H3,58,59,71)/b16-12+,31-14+/t32-,33+,37+,40+,41-,42+,46+,47+,52?,54+,55+/m1/s1. The number of carbonyl (C=O) groups excluding carboxylic acids is 7. The van der Waals surface area contributed by atoms with Crippen LogP contribution in [0.25, 0.3) is 0 Å². The van der Waals surface area contributed by atoms with E-state index in [0.717, 1.165) is 11.1 Å². The number of allylic oxidation sites excluding steroid dienone is 3. The third kappa shape index (κ3) is 16.8. The largest absolute Gasteiger partial charge is 0.495 e. The van der Waals surface area contributed by atoms with Crippen molar-refractivity contribution in [3.05, 3.63) is 76.3 Å². The number of esters is 1. The Kier molecular flexibility index (Phi) is 22.8. The normalized spacial score (nSPS) is 26.2. The van der Waals surface area contributed by atoms with E-state index in [9.17, 15) is 43.8 Å². The second-order valence-electron chi connectivity index (χ2n) is 21.2. The molecule has 442 valence electrons. The first-order valence-electron chi connectivity index (χ1n) is 26.5. The third-order valence-corrected chi connectivity index (χ3v) is 15.2. The number of urea groups is 1. The van der Waals surface area contributed by atoms with E-state index in [1.807, 2.05) is 13.0 Å². The molecule has 0 radical (unpaired) electrons. The van der Waals surface area contributed by atoms with Crippen LogP contribution < -0.4 is 42.4 Å². The fourth-order valence-electron chi connectivity index (χ4n) is 9.39. The average Bonchev–Trinajstić information content (AvgIpc) is 4.25. The Morgan fingerprint density at radius 2 is 1.75 bits per heavy atom. The number of hydrogen-bond acceptors (Lipinski definition) is 17. The smallest absolute Gasteiger partial charge is 0.409 e. The van der Waals surface area contributed by atoms with Gasteiger partial charge in [-0.15, -0.1) is 0 Å². The monoisotopic (exact) mass is 1140 g/mol. The molecule has 80 heavy (non-hydrogen) atoms. The number of halogens is 1. The number of anilines is 2. The number of epoxide rings is 1. The van der Waals surface area contributed by atoms with E-state index in [0.29, 0.717) is 35.5 Å². The van der Waals surface area contributed by atoms with Crippen molar-refractivity contribution in [1.82, 2.24) is 25.8 Å². The Hall–Kier alpha value is -6.38. The van der Waals surface area contributed by atoms with Crippen LogP contribution in [0.2, 0.25) is 5.02 Å². The van der Waals surface area contributed by atoms with E-state index >= 15 is 0 Å². The molecular weight excluding hydrogens is 1060 g/mol. The number of amides is 7. The molecule has 3 aliphatic rings. The highest BCUT2D eigenvalue weighted by molar-refractivity contribution is 6.35. The van der Waals surface area contributed by atoms with Crippen molar-refractivity contribution in [2.24, 2.45) is 23.3 Å². The summed E-state index contributed by atoms with van der Waals surface area (Å²) in [5.74, 6) is -3.28. The SMILES string of the molecule is COc1cc2cc(c1Cl)N(C)C(=O)C[C@H](OC(=O)[C@H](C)N(C)C(=O)CCN(C)C(=O)OCc1ccc(NC(=O)[C@H](CCCNC(N)=O)NC(=O)[C@@H](N)C(C)C)cc1)[C@]1(C)O[C@H]1[C@H](C)[C@@H]1C[C@@](O)(NC(O)O1)[C@H](OC)/C=C/C=C(\C)C2. The summed E-state index contributed by atoms with van der Waals surface area (Å²) < 4.78 is 35.2. The van der Waals surface area contributed by atoms with Gasteiger partial charge in [0.25, 0.3) is 0 Å². The minimum absolute atomic E-state index is 0.0556. The van der Waals surface area contributed by atoms with Gasteiger partial charge in [-0.2, -0.15) is 0 Å². The molecule has 2 saturated heterocycles. The highest BCUT2D eigenvalue weighted by Gasteiger charge is 2.64. The highest BCUT2D eigenvalue weighted by Crippen LogP contribution is 2.49. The number of nitrogens with zero attached hydrogens (tertiary/aromatic N) is 3. The lowest BCUT2D eigenvalue weighted by Crippen LogP contribution is -2.65. The Balaban J connectivity index is 1.23. The second kappa shape index (κ2) is 28.4. The predicted molar refractivity (Wildman–Crippen MR) is 296 cm³/mol. The molecular formula is C55H80ClN9O15. The minimum Gasteiger partial charge on any atom is -0.495 e. The zero-order valence-electron chi connectivity index (χ0n) is 47.4. The zero-order valence-corrected chi connectivity index (χ0v) is 48.2. The number of aliphatic hydroxyl groups is 2. The molecule has 0 saturated carbocycles. The Morgan fingerprint density at radius 3 is 2.39 bits per heavy atom. The van der Waals surface area contributed by atoms with Gasteiger partial charge >= 0.3 is 18.1 Å². The summed E-state index contributed by atoms with van der Waals surface area (Å²) in [7, 11) is 7.30. The number of rotatable bonds is 19. The van der Waals surface area contributed by atoms with Crippen molar-refractivity contribution in [2.75, 3.05) is 58.7 Å². The van der Waals surface area contributed by atoms with Crippen molar-refractivity contribution in [3.8, 4) is 5.75 Å². The van der Waals surface area contributed by atoms with Crippen molar-refractivity contribution in [3.63, 3.8) is 0 Å². The minimum atomic E-state index is -1.80. The van der Waals surface area contributed by atoms with Crippen LogP contribution in [0.5, 0.6) is 5.75 Å². The van der Waals surface area contributed by atoms with Crippen LogP contribution in [0.1, 0.15) is 84.8 Å².